The van der Waals surface area contributed by atoms with Crippen LogP contribution in [-0.2, 0) is 6.54 Å². The van der Waals surface area contributed by atoms with Crippen LogP contribution in [0.15, 0.2) is 18.2 Å². The highest BCUT2D eigenvalue weighted by Crippen LogP contribution is 2.29. The molecule has 0 spiro atoms. The molecule has 1 aliphatic carbocycles. The lowest BCUT2D eigenvalue weighted by molar-refractivity contribution is 0.189. The van der Waals surface area contributed by atoms with Crippen LogP contribution < -0.4 is 5.32 Å². The van der Waals surface area contributed by atoms with Gasteiger partial charge in [0.2, 0.25) is 0 Å². The van der Waals surface area contributed by atoms with Crippen molar-refractivity contribution in [3.8, 4) is 0 Å². The summed E-state index contributed by atoms with van der Waals surface area (Å²) in [5, 5.41) is 3.57. The molecule has 0 bridgehead atoms. The predicted octanol–water partition coefficient (Wildman–Crippen LogP) is 2.85. The zero-order valence-electron chi connectivity index (χ0n) is 11.7. The Morgan fingerprint density at radius 2 is 1.95 bits per heavy atom. The Morgan fingerprint density at radius 3 is 2.58 bits per heavy atom. The van der Waals surface area contributed by atoms with Gasteiger partial charge in [-0.05, 0) is 62.9 Å². The van der Waals surface area contributed by atoms with Gasteiger partial charge in [0.25, 0.3) is 0 Å². The zero-order chi connectivity index (χ0) is 13.2. The maximum absolute atomic E-state index is 13.5. The van der Waals surface area contributed by atoms with Crippen LogP contribution in [0.1, 0.15) is 36.8 Å². The van der Waals surface area contributed by atoms with Crippen LogP contribution in [0.5, 0.6) is 0 Å². The SMILES string of the molecule is Cc1ccc(CNC2CCN(C3CC3)CC2)cc1F. The Hall–Kier alpha value is -0.930. The minimum atomic E-state index is -0.0946. The number of nitrogens with zero attached hydrogens (tertiary/aromatic N) is 1. The van der Waals surface area contributed by atoms with Crippen LogP contribution >= 0.6 is 0 Å². The van der Waals surface area contributed by atoms with Crippen LogP contribution in [0, 0.1) is 12.7 Å². The molecule has 2 fully saturated rings. The monoisotopic (exact) mass is 262 g/mol. The van der Waals surface area contributed by atoms with E-state index in [1.165, 1.54) is 38.8 Å². The lowest BCUT2D eigenvalue weighted by Crippen LogP contribution is -2.43. The summed E-state index contributed by atoms with van der Waals surface area (Å²) in [6, 6.07) is 7.03. The van der Waals surface area contributed by atoms with Crippen molar-refractivity contribution in [3.05, 3.63) is 35.1 Å². The molecule has 2 aliphatic rings. The number of hydrogen-bond acceptors (Lipinski definition) is 2. The second-order valence-corrected chi connectivity index (χ2v) is 6.01. The third kappa shape index (κ3) is 3.34. The standard InChI is InChI=1S/C16H23FN2/c1-12-2-3-13(10-16(12)17)11-18-14-6-8-19(9-7-14)15-4-5-15/h2-3,10,14-15,18H,4-9,11H2,1H3. The highest BCUT2D eigenvalue weighted by Gasteiger charge is 2.31. The quantitative estimate of drug-likeness (QED) is 0.897. The summed E-state index contributed by atoms with van der Waals surface area (Å²) in [5.41, 5.74) is 1.77. The Bertz CT molecular complexity index is 434. The molecule has 1 N–H and O–H groups in total. The van der Waals surface area contributed by atoms with Crippen LogP contribution in [-0.4, -0.2) is 30.1 Å². The van der Waals surface area contributed by atoms with Gasteiger partial charge in [0.1, 0.15) is 5.82 Å². The third-order valence-corrected chi connectivity index (χ3v) is 4.42. The molecule has 1 aliphatic heterocycles. The number of halogens is 1. The first-order chi connectivity index (χ1) is 9.22. The summed E-state index contributed by atoms with van der Waals surface area (Å²) >= 11 is 0. The van der Waals surface area contributed by atoms with Gasteiger partial charge in [-0.2, -0.15) is 0 Å². The lowest BCUT2D eigenvalue weighted by atomic mass is 10.0. The molecular weight excluding hydrogens is 239 g/mol. The van der Waals surface area contributed by atoms with Crippen LogP contribution in [0.4, 0.5) is 4.39 Å². The Labute approximate surface area is 115 Å². The maximum Gasteiger partial charge on any atom is 0.126 e. The Morgan fingerprint density at radius 1 is 1.21 bits per heavy atom. The van der Waals surface area contributed by atoms with Crippen molar-refractivity contribution in [2.24, 2.45) is 0 Å². The number of rotatable bonds is 4. The Balaban J connectivity index is 1.45. The first-order valence-corrected chi connectivity index (χ1v) is 7.45. The van der Waals surface area contributed by atoms with Crippen molar-refractivity contribution in [3.63, 3.8) is 0 Å². The second kappa shape index (κ2) is 5.59. The van der Waals surface area contributed by atoms with E-state index >= 15 is 0 Å². The molecule has 1 aromatic rings. The molecule has 1 heterocycles. The second-order valence-electron chi connectivity index (χ2n) is 6.01. The van der Waals surface area contributed by atoms with Crippen molar-refractivity contribution >= 4 is 0 Å². The predicted molar refractivity (Wildman–Crippen MR) is 75.6 cm³/mol. The number of nitrogens with one attached hydrogen (secondary N) is 1. The molecular formula is C16H23FN2. The molecule has 3 heteroatoms. The molecule has 104 valence electrons. The zero-order valence-corrected chi connectivity index (χ0v) is 11.7. The van der Waals surface area contributed by atoms with Crippen molar-refractivity contribution in [2.75, 3.05) is 13.1 Å². The molecule has 1 aromatic carbocycles. The number of aryl methyl sites for hydroxylation is 1. The number of benzene rings is 1. The van der Waals surface area contributed by atoms with Crippen molar-refractivity contribution in [1.82, 2.24) is 10.2 Å². The minimum Gasteiger partial charge on any atom is -0.310 e. The molecule has 0 aromatic heterocycles. The summed E-state index contributed by atoms with van der Waals surface area (Å²) < 4.78 is 13.5. The molecule has 3 rings (SSSR count). The maximum atomic E-state index is 13.5. The topological polar surface area (TPSA) is 15.3 Å². The van der Waals surface area contributed by atoms with E-state index in [0.717, 1.165) is 23.7 Å². The fraction of sp³-hybridized carbons (Fsp3) is 0.625. The highest BCUT2D eigenvalue weighted by atomic mass is 19.1. The third-order valence-electron chi connectivity index (χ3n) is 4.42. The number of hydrogen-bond donors (Lipinski definition) is 1. The van der Waals surface area contributed by atoms with E-state index in [1.54, 1.807) is 13.0 Å². The molecule has 1 saturated heterocycles. The fourth-order valence-corrected chi connectivity index (χ4v) is 2.92. The first-order valence-electron chi connectivity index (χ1n) is 7.45. The van der Waals surface area contributed by atoms with Crippen LogP contribution in [0.3, 0.4) is 0 Å². The molecule has 1 saturated carbocycles. The smallest absolute Gasteiger partial charge is 0.126 e. The van der Waals surface area contributed by atoms with Gasteiger partial charge in [0, 0.05) is 18.6 Å². The number of piperidine rings is 1. The molecule has 0 radical (unpaired) electrons. The molecule has 19 heavy (non-hydrogen) atoms. The van der Waals surface area contributed by atoms with Gasteiger partial charge >= 0.3 is 0 Å². The average molecular weight is 262 g/mol. The van der Waals surface area contributed by atoms with Gasteiger partial charge in [-0.15, -0.1) is 0 Å². The van der Waals surface area contributed by atoms with E-state index in [2.05, 4.69) is 10.2 Å². The molecule has 0 unspecified atom stereocenters. The van der Waals surface area contributed by atoms with Gasteiger partial charge in [-0.3, -0.25) is 0 Å². The van der Waals surface area contributed by atoms with Crippen molar-refractivity contribution in [2.45, 2.75) is 51.2 Å². The van der Waals surface area contributed by atoms with Gasteiger partial charge in [-0.1, -0.05) is 12.1 Å². The fourth-order valence-electron chi connectivity index (χ4n) is 2.92. The van der Waals surface area contributed by atoms with E-state index in [0.29, 0.717) is 6.04 Å². The van der Waals surface area contributed by atoms with Gasteiger partial charge in [0.05, 0.1) is 0 Å². The van der Waals surface area contributed by atoms with E-state index in [-0.39, 0.29) is 5.82 Å². The molecule has 0 atom stereocenters. The normalized spacial score (nSPS) is 21.8. The van der Waals surface area contributed by atoms with Crippen LogP contribution in [0.25, 0.3) is 0 Å². The van der Waals surface area contributed by atoms with Gasteiger partial charge in [0.15, 0.2) is 0 Å². The average Bonchev–Trinajstić information content (AvgIpc) is 3.25. The van der Waals surface area contributed by atoms with Gasteiger partial charge in [-0.25, -0.2) is 4.39 Å². The Kier molecular flexibility index (Phi) is 3.85. The van der Waals surface area contributed by atoms with E-state index < -0.39 is 0 Å². The summed E-state index contributed by atoms with van der Waals surface area (Å²) in [5.74, 6) is -0.0946. The highest BCUT2D eigenvalue weighted by molar-refractivity contribution is 5.23. The van der Waals surface area contributed by atoms with Crippen molar-refractivity contribution in [1.29, 1.82) is 0 Å². The van der Waals surface area contributed by atoms with Crippen molar-refractivity contribution < 1.29 is 4.39 Å². The summed E-state index contributed by atoms with van der Waals surface area (Å²) in [4.78, 5) is 2.63. The minimum absolute atomic E-state index is 0.0946. The van der Waals surface area contributed by atoms with E-state index in [1.807, 2.05) is 12.1 Å². The summed E-state index contributed by atoms with van der Waals surface area (Å²) in [6.45, 7) is 5.04. The number of likely N-dealkylation sites (tertiary alicyclic amines) is 1. The molecule has 2 nitrogen and oxygen atoms in total. The summed E-state index contributed by atoms with van der Waals surface area (Å²) in [6.07, 6.45) is 5.26. The largest absolute Gasteiger partial charge is 0.310 e. The van der Waals surface area contributed by atoms with Crippen LogP contribution in [0.2, 0.25) is 0 Å². The van der Waals surface area contributed by atoms with Gasteiger partial charge < -0.3 is 10.2 Å². The molecule has 0 amide bonds. The lowest BCUT2D eigenvalue weighted by Gasteiger charge is -2.32. The van der Waals surface area contributed by atoms with E-state index in [4.69, 9.17) is 0 Å². The van der Waals surface area contributed by atoms with E-state index in [9.17, 15) is 4.39 Å². The summed E-state index contributed by atoms with van der Waals surface area (Å²) in [7, 11) is 0. The first kappa shape index (κ1) is 13.1.